The molecule has 84 valence electrons. The van der Waals surface area contributed by atoms with Gasteiger partial charge in [-0.15, -0.1) is 0 Å². The third-order valence-corrected chi connectivity index (χ3v) is 2.99. The van der Waals surface area contributed by atoms with Crippen molar-refractivity contribution in [2.75, 3.05) is 5.75 Å². The second-order valence-corrected chi connectivity index (χ2v) is 4.75. The molecule has 0 amide bonds. The molecular weight excluding hydrogens is 204 g/mol. The Labute approximate surface area is 97.9 Å². The molecule has 1 rings (SSSR count). The van der Waals surface area contributed by atoms with Crippen LogP contribution in [-0.4, -0.2) is 10.9 Å². The molecule has 2 heteroatoms. The van der Waals surface area contributed by atoms with E-state index >= 15 is 0 Å². The van der Waals surface area contributed by atoms with E-state index in [0.717, 1.165) is 11.1 Å². The van der Waals surface area contributed by atoms with Gasteiger partial charge in [0.2, 0.25) is 0 Å². The summed E-state index contributed by atoms with van der Waals surface area (Å²) >= 11 is 4.15. The van der Waals surface area contributed by atoms with E-state index in [1.807, 2.05) is 6.92 Å². The summed E-state index contributed by atoms with van der Waals surface area (Å²) < 4.78 is 0. The van der Waals surface area contributed by atoms with Crippen LogP contribution < -0.4 is 0 Å². The third-order valence-electron chi connectivity index (χ3n) is 2.73. The van der Waals surface area contributed by atoms with Crippen LogP contribution in [0, 0.1) is 6.92 Å². The van der Waals surface area contributed by atoms with Crippen LogP contribution in [0.25, 0.3) is 0 Å². The molecule has 0 aliphatic heterocycles. The first kappa shape index (κ1) is 12.6. The molecule has 1 unspecified atom stereocenters. The quantitative estimate of drug-likeness (QED) is 0.750. The molecule has 1 N–H and O–H groups in total. The fourth-order valence-corrected chi connectivity index (χ4v) is 1.90. The fraction of sp³-hybridized carbons (Fsp3) is 0.538. The maximum Gasteiger partial charge on any atom is 0.0800 e. The Bertz CT molecular complexity index is 320. The average molecular weight is 224 g/mol. The number of benzene rings is 1. The number of aliphatic hydroxyl groups excluding tert-OH is 1. The van der Waals surface area contributed by atoms with E-state index in [1.165, 1.54) is 5.56 Å². The van der Waals surface area contributed by atoms with E-state index in [1.54, 1.807) is 0 Å². The molecule has 0 spiro atoms. The lowest BCUT2D eigenvalue weighted by Crippen LogP contribution is -2.02. The molecule has 1 atom stereocenters. The highest BCUT2D eigenvalue weighted by Gasteiger charge is 2.11. The molecule has 0 heterocycles. The number of aryl methyl sites for hydroxylation is 1. The molecule has 0 fully saturated rings. The van der Waals surface area contributed by atoms with E-state index in [4.69, 9.17) is 0 Å². The zero-order chi connectivity index (χ0) is 11.4. The van der Waals surface area contributed by atoms with Crippen molar-refractivity contribution in [2.45, 2.75) is 39.2 Å². The fourth-order valence-electron chi connectivity index (χ4n) is 1.65. The van der Waals surface area contributed by atoms with Gasteiger partial charge in [-0.2, -0.15) is 12.6 Å². The maximum atomic E-state index is 9.96. The Morgan fingerprint density at radius 1 is 1.33 bits per heavy atom. The average Bonchev–Trinajstić information content (AvgIpc) is 2.18. The van der Waals surface area contributed by atoms with Crippen molar-refractivity contribution >= 4 is 12.6 Å². The van der Waals surface area contributed by atoms with E-state index in [9.17, 15) is 5.11 Å². The minimum absolute atomic E-state index is 0.374. The standard InChI is InChI=1S/C13H20OS/c1-9(2)11-5-4-10(3)12(8-11)13(14)6-7-15/h4-5,8-9,13-15H,6-7H2,1-3H3. The van der Waals surface area contributed by atoms with Gasteiger partial charge < -0.3 is 5.11 Å². The normalized spacial score (nSPS) is 13.2. The summed E-state index contributed by atoms with van der Waals surface area (Å²) in [5, 5.41) is 9.96. The highest BCUT2D eigenvalue weighted by Crippen LogP contribution is 2.25. The molecule has 1 aromatic rings. The molecule has 15 heavy (non-hydrogen) atoms. The molecular formula is C13H20OS. The monoisotopic (exact) mass is 224 g/mol. The van der Waals surface area contributed by atoms with Gasteiger partial charge in [0.05, 0.1) is 6.10 Å². The number of hydrogen-bond acceptors (Lipinski definition) is 2. The van der Waals surface area contributed by atoms with Gasteiger partial charge >= 0.3 is 0 Å². The van der Waals surface area contributed by atoms with Crippen molar-refractivity contribution in [3.05, 3.63) is 34.9 Å². The SMILES string of the molecule is Cc1ccc(C(C)C)cc1C(O)CCS. The van der Waals surface area contributed by atoms with Crippen LogP contribution in [0.2, 0.25) is 0 Å². The minimum Gasteiger partial charge on any atom is -0.388 e. The van der Waals surface area contributed by atoms with E-state index in [2.05, 4.69) is 44.7 Å². The van der Waals surface area contributed by atoms with Crippen LogP contribution >= 0.6 is 12.6 Å². The smallest absolute Gasteiger partial charge is 0.0800 e. The summed E-state index contributed by atoms with van der Waals surface area (Å²) in [6.45, 7) is 6.38. The summed E-state index contributed by atoms with van der Waals surface area (Å²) in [5.74, 6) is 1.22. The molecule has 0 saturated heterocycles. The van der Waals surface area contributed by atoms with Crippen LogP contribution in [0.3, 0.4) is 0 Å². The zero-order valence-corrected chi connectivity index (χ0v) is 10.6. The van der Waals surface area contributed by atoms with Gasteiger partial charge in [-0.05, 0) is 41.7 Å². The molecule has 0 aromatic heterocycles. The first-order valence-electron chi connectivity index (χ1n) is 5.45. The predicted octanol–water partition coefficient (Wildman–Crippen LogP) is 3.47. The molecule has 0 radical (unpaired) electrons. The van der Waals surface area contributed by atoms with Crippen molar-refractivity contribution < 1.29 is 5.11 Å². The lowest BCUT2D eigenvalue weighted by atomic mass is 9.94. The number of aliphatic hydroxyl groups is 1. The van der Waals surface area contributed by atoms with Crippen LogP contribution in [0.5, 0.6) is 0 Å². The lowest BCUT2D eigenvalue weighted by Gasteiger charge is -2.15. The Kier molecular flexibility index (Phi) is 4.68. The van der Waals surface area contributed by atoms with Crippen LogP contribution in [0.15, 0.2) is 18.2 Å². The first-order chi connectivity index (χ1) is 7.06. The summed E-state index contributed by atoms with van der Waals surface area (Å²) in [4.78, 5) is 0. The molecule has 0 aliphatic carbocycles. The van der Waals surface area contributed by atoms with Crippen LogP contribution in [0.4, 0.5) is 0 Å². The zero-order valence-electron chi connectivity index (χ0n) is 9.70. The largest absolute Gasteiger partial charge is 0.388 e. The number of rotatable bonds is 4. The Morgan fingerprint density at radius 3 is 2.53 bits per heavy atom. The summed E-state index contributed by atoms with van der Waals surface area (Å²) in [7, 11) is 0. The summed E-state index contributed by atoms with van der Waals surface area (Å²) in [6.07, 6.45) is 0.340. The van der Waals surface area contributed by atoms with Crippen molar-refractivity contribution in [3.63, 3.8) is 0 Å². The van der Waals surface area contributed by atoms with E-state index in [0.29, 0.717) is 18.1 Å². The summed E-state index contributed by atoms with van der Waals surface area (Å²) in [6, 6.07) is 6.34. The topological polar surface area (TPSA) is 20.2 Å². The molecule has 0 saturated carbocycles. The molecule has 1 aromatic carbocycles. The Hall–Kier alpha value is -0.470. The summed E-state index contributed by atoms with van der Waals surface area (Å²) in [5.41, 5.74) is 3.50. The van der Waals surface area contributed by atoms with Crippen LogP contribution in [-0.2, 0) is 0 Å². The number of thiol groups is 1. The van der Waals surface area contributed by atoms with Crippen molar-refractivity contribution in [1.82, 2.24) is 0 Å². The van der Waals surface area contributed by atoms with Gasteiger partial charge in [-0.1, -0.05) is 32.0 Å². The van der Waals surface area contributed by atoms with Gasteiger partial charge in [0.25, 0.3) is 0 Å². The van der Waals surface area contributed by atoms with Crippen molar-refractivity contribution in [2.24, 2.45) is 0 Å². The van der Waals surface area contributed by atoms with Gasteiger partial charge in [-0.3, -0.25) is 0 Å². The van der Waals surface area contributed by atoms with Gasteiger partial charge in [-0.25, -0.2) is 0 Å². The number of hydrogen-bond donors (Lipinski definition) is 2. The molecule has 0 bridgehead atoms. The van der Waals surface area contributed by atoms with Crippen molar-refractivity contribution in [3.8, 4) is 0 Å². The van der Waals surface area contributed by atoms with Crippen molar-refractivity contribution in [1.29, 1.82) is 0 Å². The second-order valence-electron chi connectivity index (χ2n) is 4.30. The van der Waals surface area contributed by atoms with E-state index < -0.39 is 0 Å². The highest BCUT2D eigenvalue weighted by molar-refractivity contribution is 7.80. The highest BCUT2D eigenvalue weighted by atomic mass is 32.1. The Balaban J connectivity index is 2.99. The first-order valence-corrected chi connectivity index (χ1v) is 6.09. The molecule has 0 aliphatic rings. The van der Waals surface area contributed by atoms with Gasteiger partial charge in [0, 0.05) is 0 Å². The Morgan fingerprint density at radius 2 is 2.00 bits per heavy atom. The second kappa shape index (κ2) is 5.57. The minimum atomic E-state index is -0.374. The van der Waals surface area contributed by atoms with Gasteiger partial charge in [0.15, 0.2) is 0 Å². The lowest BCUT2D eigenvalue weighted by molar-refractivity contribution is 0.174. The predicted molar refractivity (Wildman–Crippen MR) is 68.7 cm³/mol. The third kappa shape index (κ3) is 3.25. The van der Waals surface area contributed by atoms with Gasteiger partial charge in [0.1, 0.15) is 0 Å². The maximum absolute atomic E-state index is 9.96. The van der Waals surface area contributed by atoms with E-state index in [-0.39, 0.29) is 6.10 Å². The molecule has 1 nitrogen and oxygen atoms in total. The van der Waals surface area contributed by atoms with Crippen LogP contribution in [0.1, 0.15) is 49.0 Å².